The summed E-state index contributed by atoms with van der Waals surface area (Å²) < 4.78 is 17.4. The Bertz CT molecular complexity index is 206. The molecule has 0 aliphatic carbocycles. The van der Waals surface area contributed by atoms with Crippen molar-refractivity contribution in [1.82, 2.24) is 5.32 Å². The third-order valence-corrected chi connectivity index (χ3v) is 6.01. The molecule has 0 heterocycles. The van der Waals surface area contributed by atoms with E-state index >= 15 is 0 Å². The van der Waals surface area contributed by atoms with E-state index in [4.69, 9.17) is 24.7 Å². The van der Waals surface area contributed by atoms with Gasteiger partial charge in [0.1, 0.15) is 0 Å². The summed E-state index contributed by atoms with van der Waals surface area (Å²) in [5.74, 6) is 0. The van der Waals surface area contributed by atoms with Crippen molar-refractivity contribution in [1.29, 1.82) is 0 Å². The topological polar surface area (TPSA) is 91.8 Å². The van der Waals surface area contributed by atoms with Crippen LogP contribution in [0.4, 0.5) is 0 Å². The Morgan fingerprint density at radius 1 is 0.950 bits per heavy atom. The van der Waals surface area contributed by atoms with E-state index in [1.54, 1.807) is 0 Å². The molecule has 1 atom stereocenters. The Morgan fingerprint density at radius 3 is 1.95 bits per heavy atom. The first-order chi connectivity index (χ1) is 9.64. The van der Waals surface area contributed by atoms with Crippen LogP contribution in [-0.4, -0.2) is 54.3 Å². The lowest BCUT2D eigenvalue weighted by Crippen LogP contribution is -2.47. The summed E-state index contributed by atoms with van der Waals surface area (Å²) in [6, 6.07) is 0.911. The average molecular weight is 308 g/mol. The van der Waals surface area contributed by atoms with Gasteiger partial charge in [0, 0.05) is 45.0 Å². The Kier molecular flexibility index (Phi) is 12.7. The first-order valence-electron chi connectivity index (χ1n) is 7.72. The number of hydrogen-bond acceptors (Lipinski definition) is 6. The van der Waals surface area contributed by atoms with Gasteiger partial charge in [-0.05, 0) is 40.2 Å². The highest BCUT2D eigenvalue weighted by Gasteiger charge is 2.40. The predicted molar refractivity (Wildman–Crippen MR) is 84.6 cm³/mol. The van der Waals surface area contributed by atoms with Gasteiger partial charge >= 0.3 is 8.80 Å². The van der Waals surface area contributed by atoms with E-state index in [0.29, 0.717) is 26.4 Å². The smallest absolute Gasteiger partial charge is 0.374 e. The van der Waals surface area contributed by atoms with E-state index in [-0.39, 0.29) is 6.04 Å². The number of nitrogens with two attached hydrogens (primary N) is 2. The lowest BCUT2D eigenvalue weighted by atomic mass is 10.2. The van der Waals surface area contributed by atoms with Gasteiger partial charge in [-0.1, -0.05) is 0 Å². The predicted octanol–water partition coefficient (Wildman–Crippen LogP) is 0.691. The molecule has 0 aliphatic rings. The molecule has 0 rings (SSSR count). The summed E-state index contributed by atoms with van der Waals surface area (Å²) in [7, 11) is -2.53. The largest absolute Gasteiger partial charge is 0.500 e. The molecule has 0 radical (unpaired) electrons. The van der Waals surface area contributed by atoms with Gasteiger partial charge in [0.2, 0.25) is 0 Å². The first-order valence-corrected chi connectivity index (χ1v) is 9.65. The van der Waals surface area contributed by atoms with Gasteiger partial charge in [-0.25, -0.2) is 0 Å². The Hall–Kier alpha value is -0.0231. The van der Waals surface area contributed by atoms with Crippen molar-refractivity contribution in [2.45, 2.75) is 45.7 Å². The van der Waals surface area contributed by atoms with Crippen LogP contribution in [0, 0.1) is 0 Å². The maximum Gasteiger partial charge on any atom is 0.500 e. The average Bonchev–Trinajstić information content (AvgIpc) is 2.42. The van der Waals surface area contributed by atoms with E-state index in [1.807, 2.05) is 20.8 Å². The number of nitrogens with one attached hydrogen (secondary N) is 1. The van der Waals surface area contributed by atoms with Crippen molar-refractivity contribution in [2.75, 3.05) is 39.5 Å². The van der Waals surface area contributed by atoms with Crippen LogP contribution in [-0.2, 0) is 13.3 Å². The zero-order chi connectivity index (χ0) is 15.3. The van der Waals surface area contributed by atoms with Gasteiger partial charge in [0.15, 0.2) is 0 Å². The fourth-order valence-corrected chi connectivity index (χ4v) is 4.75. The lowest BCUT2D eigenvalue weighted by Gasteiger charge is -2.29. The molecule has 7 heteroatoms. The van der Waals surface area contributed by atoms with Crippen LogP contribution in [0.25, 0.3) is 0 Å². The molecule has 20 heavy (non-hydrogen) atoms. The van der Waals surface area contributed by atoms with Crippen LogP contribution in [0.5, 0.6) is 0 Å². The summed E-state index contributed by atoms with van der Waals surface area (Å²) >= 11 is 0. The molecule has 0 amide bonds. The van der Waals surface area contributed by atoms with E-state index in [9.17, 15) is 0 Å². The summed E-state index contributed by atoms with van der Waals surface area (Å²) in [4.78, 5) is 0. The van der Waals surface area contributed by atoms with Crippen LogP contribution in [0.1, 0.15) is 33.6 Å². The van der Waals surface area contributed by atoms with Gasteiger partial charge in [0.05, 0.1) is 0 Å². The standard InChI is InChI=1S/C13H33N3O3Si/c1-4-17-20(18-5-2,19-6-3)12-8-13(15)7-10-16-11-9-14/h13,16H,4-12,14-15H2,1-3H3. The second kappa shape index (κ2) is 12.7. The van der Waals surface area contributed by atoms with Crippen LogP contribution in [0.3, 0.4) is 0 Å². The van der Waals surface area contributed by atoms with Gasteiger partial charge in [0.25, 0.3) is 0 Å². The molecule has 0 aromatic carbocycles. The molecule has 0 bridgehead atoms. The highest BCUT2D eigenvalue weighted by molar-refractivity contribution is 6.60. The highest BCUT2D eigenvalue weighted by Crippen LogP contribution is 2.19. The lowest BCUT2D eigenvalue weighted by molar-refractivity contribution is 0.0702. The van der Waals surface area contributed by atoms with Crippen molar-refractivity contribution in [3.63, 3.8) is 0 Å². The second-order valence-corrected chi connectivity index (χ2v) is 7.34. The summed E-state index contributed by atoms with van der Waals surface area (Å²) in [5, 5.41) is 3.25. The van der Waals surface area contributed by atoms with Gasteiger partial charge in [-0.3, -0.25) is 0 Å². The van der Waals surface area contributed by atoms with Gasteiger partial charge in [-0.2, -0.15) is 0 Å². The van der Waals surface area contributed by atoms with E-state index in [1.165, 1.54) is 0 Å². The van der Waals surface area contributed by atoms with Crippen LogP contribution in [0.15, 0.2) is 0 Å². The Labute approximate surface area is 124 Å². The summed E-state index contributed by atoms with van der Waals surface area (Å²) in [6.45, 7) is 10.1. The summed E-state index contributed by atoms with van der Waals surface area (Å²) in [6.07, 6.45) is 1.78. The van der Waals surface area contributed by atoms with Crippen molar-refractivity contribution in [3.8, 4) is 0 Å². The van der Waals surface area contributed by atoms with Crippen LogP contribution >= 0.6 is 0 Å². The normalized spacial score (nSPS) is 13.7. The fourth-order valence-electron chi connectivity index (χ4n) is 2.02. The van der Waals surface area contributed by atoms with E-state index < -0.39 is 8.80 Å². The molecule has 5 N–H and O–H groups in total. The molecule has 122 valence electrons. The molecular formula is C13H33N3O3Si. The molecule has 0 aromatic rings. The molecule has 0 spiro atoms. The third-order valence-electron chi connectivity index (χ3n) is 2.93. The highest BCUT2D eigenvalue weighted by atomic mass is 28.4. The van der Waals surface area contributed by atoms with Crippen molar-refractivity contribution in [3.05, 3.63) is 0 Å². The molecule has 0 aromatic heterocycles. The zero-order valence-corrected chi connectivity index (χ0v) is 14.3. The minimum absolute atomic E-state index is 0.133. The molecular weight excluding hydrogens is 274 g/mol. The van der Waals surface area contributed by atoms with Crippen molar-refractivity contribution >= 4 is 8.80 Å². The maximum absolute atomic E-state index is 6.14. The fraction of sp³-hybridized carbons (Fsp3) is 1.00. The SMILES string of the molecule is CCO[Si](CCC(N)CCNCCN)(OCC)OCC. The Morgan fingerprint density at radius 2 is 1.50 bits per heavy atom. The molecule has 0 aliphatic heterocycles. The van der Waals surface area contributed by atoms with Crippen LogP contribution < -0.4 is 16.8 Å². The molecule has 1 unspecified atom stereocenters. The molecule has 0 saturated carbocycles. The minimum atomic E-state index is -2.53. The minimum Gasteiger partial charge on any atom is -0.374 e. The van der Waals surface area contributed by atoms with Crippen LogP contribution in [0.2, 0.25) is 6.04 Å². The van der Waals surface area contributed by atoms with Gasteiger partial charge < -0.3 is 30.1 Å². The van der Waals surface area contributed by atoms with Gasteiger partial charge in [-0.15, -0.1) is 0 Å². The maximum atomic E-state index is 6.14. The number of rotatable bonds is 14. The van der Waals surface area contributed by atoms with E-state index in [0.717, 1.165) is 32.0 Å². The van der Waals surface area contributed by atoms with Crippen molar-refractivity contribution in [2.24, 2.45) is 11.5 Å². The van der Waals surface area contributed by atoms with E-state index in [2.05, 4.69) is 5.32 Å². The molecule has 0 saturated heterocycles. The molecule has 0 fully saturated rings. The Balaban J connectivity index is 4.14. The quantitative estimate of drug-likeness (QED) is 0.323. The monoisotopic (exact) mass is 307 g/mol. The number of hydrogen-bond donors (Lipinski definition) is 3. The molecule has 6 nitrogen and oxygen atoms in total. The first kappa shape index (κ1) is 20.0. The third kappa shape index (κ3) is 9.01. The summed E-state index contributed by atoms with van der Waals surface area (Å²) in [5.41, 5.74) is 11.6. The second-order valence-electron chi connectivity index (χ2n) is 4.61. The zero-order valence-electron chi connectivity index (χ0n) is 13.3. The van der Waals surface area contributed by atoms with Crippen molar-refractivity contribution < 1.29 is 13.3 Å².